The third-order valence-corrected chi connectivity index (χ3v) is 5.60. The number of fused-ring (bicyclic) bond motifs is 1. The van der Waals surface area contributed by atoms with E-state index in [1.807, 2.05) is 36.4 Å². The molecule has 0 unspecified atom stereocenters. The van der Waals surface area contributed by atoms with Crippen molar-refractivity contribution in [3.8, 4) is 11.5 Å². The van der Waals surface area contributed by atoms with Crippen molar-refractivity contribution in [1.82, 2.24) is 0 Å². The molecule has 1 aliphatic heterocycles. The molecule has 144 valence electrons. The van der Waals surface area contributed by atoms with Gasteiger partial charge in [0.1, 0.15) is 0 Å². The van der Waals surface area contributed by atoms with Gasteiger partial charge in [-0.3, -0.25) is 4.79 Å². The Labute approximate surface area is 169 Å². The first-order valence-electron chi connectivity index (χ1n) is 9.18. The summed E-state index contributed by atoms with van der Waals surface area (Å²) < 4.78 is 10.8. The van der Waals surface area contributed by atoms with Crippen LogP contribution >= 0.6 is 11.6 Å². The Morgan fingerprint density at radius 1 is 1.00 bits per heavy atom. The summed E-state index contributed by atoms with van der Waals surface area (Å²) >= 11 is 6.37. The number of halogens is 1. The number of nitrogens with zero attached hydrogens (tertiary/aromatic N) is 2. The van der Waals surface area contributed by atoms with E-state index in [0.717, 1.165) is 17.7 Å². The molecule has 0 radical (unpaired) electrons. The largest absolute Gasteiger partial charge is 0.493 e. The summed E-state index contributed by atoms with van der Waals surface area (Å²) in [7, 11) is 3.21. The van der Waals surface area contributed by atoms with Crippen molar-refractivity contribution >= 4 is 28.9 Å². The molecule has 0 aromatic heterocycles. The molecule has 2 aliphatic rings. The molecule has 1 amide bonds. The number of carbonyl (C=O) groups is 1. The molecule has 0 saturated carbocycles. The summed E-state index contributed by atoms with van der Waals surface area (Å²) in [4.78, 5) is 13.2. The fourth-order valence-corrected chi connectivity index (χ4v) is 4.06. The van der Waals surface area contributed by atoms with Gasteiger partial charge in [0.25, 0.3) is 5.91 Å². The maximum absolute atomic E-state index is 13.2. The zero-order chi connectivity index (χ0) is 19.7. The maximum atomic E-state index is 13.2. The molecule has 0 bridgehead atoms. The number of allylic oxidation sites excluding steroid dienone is 2. The van der Waals surface area contributed by atoms with Crippen molar-refractivity contribution in [1.29, 1.82) is 0 Å². The number of amides is 1. The van der Waals surface area contributed by atoms with E-state index < -0.39 is 0 Å². The molecular formula is C22H21ClN2O3. The lowest BCUT2D eigenvalue weighted by Crippen LogP contribution is -2.45. The van der Waals surface area contributed by atoms with Crippen LogP contribution in [0.2, 0.25) is 5.02 Å². The lowest BCUT2D eigenvalue weighted by Gasteiger charge is -2.37. The molecule has 1 aliphatic carbocycles. The summed E-state index contributed by atoms with van der Waals surface area (Å²) in [5.41, 5.74) is 2.36. The highest BCUT2D eigenvalue weighted by molar-refractivity contribution is 6.34. The normalized spacial score (nSPS) is 21.2. The number of ether oxygens (including phenoxy) is 2. The Morgan fingerprint density at radius 2 is 1.71 bits per heavy atom. The van der Waals surface area contributed by atoms with Crippen LogP contribution in [0.1, 0.15) is 18.4 Å². The SMILES string of the molecule is COc1ccc(C2=NN(c3ccccc3Cl)C(=O)[C@@H]3CC=CC[C@H]23)cc1OC. The highest BCUT2D eigenvalue weighted by atomic mass is 35.5. The number of rotatable bonds is 4. The van der Waals surface area contributed by atoms with E-state index in [1.165, 1.54) is 5.01 Å². The van der Waals surface area contributed by atoms with E-state index in [1.54, 1.807) is 20.3 Å². The second-order valence-corrected chi connectivity index (χ2v) is 7.22. The number of anilines is 1. The van der Waals surface area contributed by atoms with E-state index in [9.17, 15) is 4.79 Å². The Kier molecular flexibility index (Phi) is 5.09. The second-order valence-electron chi connectivity index (χ2n) is 6.81. The van der Waals surface area contributed by atoms with Gasteiger partial charge in [-0.15, -0.1) is 0 Å². The average Bonchev–Trinajstić information content (AvgIpc) is 2.74. The monoisotopic (exact) mass is 396 g/mol. The first-order valence-corrected chi connectivity index (χ1v) is 9.56. The van der Waals surface area contributed by atoms with Crippen LogP contribution in [-0.4, -0.2) is 25.8 Å². The first-order chi connectivity index (χ1) is 13.6. The predicted molar refractivity (Wildman–Crippen MR) is 110 cm³/mol. The summed E-state index contributed by atoms with van der Waals surface area (Å²) in [5.74, 6) is 1.12. The van der Waals surface area contributed by atoms with Gasteiger partial charge in [-0.25, -0.2) is 0 Å². The quantitative estimate of drug-likeness (QED) is 0.704. The third kappa shape index (κ3) is 3.16. The highest BCUT2D eigenvalue weighted by Crippen LogP contribution is 2.39. The Bertz CT molecular complexity index is 970. The highest BCUT2D eigenvalue weighted by Gasteiger charge is 2.41. The Hall–Kier alpha value is -2.79. The van der Waals surface area contributed by atoms with Gasteiger partial charge in [0.05, 0.1) is 36.6 Å². The first kappa shape index (κ1) is 18.6. The predicted octanol–water partition coefficient (Wildman–Crippen LogP) is 4.69. The van der Waals surface area contributed by atoms with Crippen LogP contribution in [0.5, 0.6) is 11.5 Å². The van der Waals surface area contributed by atoms with Crippen LogP contribution in [0.3, 0.4) is 0 Å². The molecule has 4 rings (SSSR count). The zero-order valence-electron chi connectivity index (χ0n) is 15.8. The molecule has 0 N–H and O–H groups in total. The van der Waals surface area contributed by atoms with E-state index in [-0.39, 0.29) is 17.7 Å². The van der Waals surface area contributed by atoms with Crippen LogP contribution in [0.25, 0.3) is 0 Å². The molecule has 28 heavy (non-hydrogen) atoms. The van der Waals surface area contributed by atoms with Crippen LogP contribution in [0, 0.1) is 11.8 Å². The Morgan fingerprint density at radius 3 is 2.43 bits per heavy atom. The van der Waals surface area contributed by atoms with Gasteiger partial charge in [-0.2, -0.15) is 10.1 Å². The minimum absolute atomic E-state index is 0.0216. The van der Waals surface area contributed by atoms with Crippen molar-refractivity contribution in [2.75, 3.05) is 19.2 Å². The Balaban J connectivity index is 1.85. The second kappa shape index (κ2) is 7.68. The fourth-order valence-electron chi connectivity index (χ4n) is 3.84. The van der Waals surface area contributed by atoms with E-state index in [4.69, 9.17) is 26.2 Å². The molecule has 2 aromatic carbocycles. The third-order valence-electron chi connectivity index (χ3n) is 5.28. The number of carbonyl (C=O) groups excluding carboxylic acids is 1. The summed E-state index contributed by atoms with van der Waals surface area (Å²) in [6.45, 7) is 0. The molecule has 0 saturated heterocycles. The van der Waals surface area contributed by atoms with Crippen LogP contribution in [0.4, 0.5) is 5.69 Å². The fraction of sp³-hybridized carbons (Fsp3) is 0.273. The standard InChI is InChI=1S/C22H21ClN2O3/c1-27-19-12-11-14(13-20(19)28-2)21-15-7-3-4-8-16(15)22(26)25(24-21)18-10-6-5-9-17(18)23/h3-6,9-13,15-16H,7-8H2,1-2H3/t15-,16+/m0/s1. The van der Waals surface area contributed by atoms with Gasteiger partial charge >= 0.3 is 0 Å². The lowest BCUT2D eigenvalue weighted by molar-refractivity contribution is -0.123. The van der Waals surface area contributed by atoms with Gasteiger partial charge in [0.15, 0.2) is 11.5 Å². The molecule has 6 heteroatoms. The number of hydrogen-bond donors (Lipinski definition) is 0. The number of methoxy groups -OCH3 is 2. The van der Waals surface area contributed by atoms with Crippen molar-refractivity contribution < 1.29 is 14.3 Å². The van der Waals surface area contributed by atoms with Crippen LogP contribution in [-0.2, 0) is 4.79 Å². The van der Waals surface area contributed by atoms with Crippen molar-refractivity contribution in [3.05, 3.63) is 65.2 Å². The molecule has 0 spiro atoms. The lowest BCUT2D eigenvalue weighted by atomic mass is 9.76. The molecular weight excluding hydrogens is 376 g/mol. The topological polar surface area (TPSA) is 51.1 Å². The van der Waals surface area contributed by atoms with Crippen molar-refractivity contribution in [2.45, 2.75) is 12.8 Å². The number of hydrazone groups is 1. The molecule has 0 fully saturated rings. The molecule has 2 aromatic rings. The minimum atomic E-state index is -0.165. The number of hydrogen-bond acceptors (Lipinski definition) is 4. The summed E-state index contributed by atoms with van der Waals surface area (Å²) in [6.07, 6.45) is 5.66. The average molecular weight is 397 g/mol. The smallest absolute Gasteiger partial charge is 0.251 e. The van der Waals surface area contributed by atoms with Crippen LogP contribution < -0.4 is 14.5 Å². The van der Waals surface area contributed by atoms with Crippen molar-refractivity contribution in [2.24, 2.45) is 16.9 Å². The van der Waals surface area contributed by atoms with Gasteiger partial charge in [0.2, 0.25) is 0 Å². The van der Waals surface area contributed by atoms with Crippen LogP contribution in [0.15, 0.2) is 59.7 Å². The molecule has 1 heterocycles. The van der Waals surface area contributed by atoms with E-state index >= 15 is 0 Å². The van der Waals surface area contributed by atoms with Gasteiger partial charge in [0, 0.05) is 11.5 Å². The maximum Gasteiger partial charge on any atom is 0.251 e. The number of benzene rings is 2. The summed E-state index contributed by atoms with van der Waals surface area (Å²) in [5, 5.41) is 6.71. The minimum Gasteiger partial charge on any atom is -0.493 e. The molecule has 2 atom stereocenters. The van der Waals surface area contributed by atoms with Crippen molar-refractivity contribution in [3.63, 3.8) is 0 Å². The molecule has 5 nitrogen and oxygen atoms in total. The van der Waals surface area contributed by atoms with Gasteiger partial charge in [-0.05, 0) is 43.2 Å². The summed E-state index contributed by atoms with van der Waals surface area (Å²) in [6, 6.07) is 13.0. The number of para-hydroxylation sites is 1. The van der Waals surface area contributed by atoms with Gasteiger partial charge < -0.3 is 9.47 Å². The van der Waals surface area contributed by atoms with E-state index in [2.05, 4.69) is 12.2 Å². The van der Waals surface area contributed by atoms with Gasteiger partial charge in [-0.1, -0.05) is 35.9 Å². The zero-order valence-corrected chi connectivity index (χ0v) is 16.5. The van der Waals surface area contributed by atoms with E-state index in [0.29, 0.717) is 28.6 Å².